The zero-order valence-corrected chi connectivity index (χ0v) is 18.8. The van der Waals surface area contributed by atoms with E-state index in [9.17, 15) is 4.79 Å². The van der Waals surface area contributed by atoms with Crippen molar-refractivity contribution >= 4 is 34.5 Å². The smallest absolute Gasteiger partial charge is 0.291 e. The average molecular weight is 452 g/mol. The van der Waals surface area contributed by atoms with Gasteiger partial charge in [-0.3, -0.25) is 4.79 Å². The van der Waals surface area contributed by atoms with Gasteiger partial charge in [0.1, 0.15) is 5.75 Å². The highest BCUT2D eigenvalue weighted by Crippen LogP contribution is 2.38. The molecule has 0 fully saturated rings. The van der Waals surface area contributed by atoms with Gasteiger partial charge in [-0.15, -0.1) is 5.10 Å². The summed E-state index contributed by atoms with van der Waals surface area (Å²) >= 11 is 1.26. The van der Waals surface area contributed by atoms with Crippen molar-refractivity contribution in [3.63, 3.8) is 0 Å². The van der Waals surface area contributed by atoms with Crippen molar-refractivity contribution in [2.24, 2.45) is 0 Å². The Balaban J connectivity index is 1.66. The van der Waals surface area contributed by atoms with Crippen LogP contribution in [0.15, 0.2) is 41.2 Å². The predicted octanol–water partition coefficient (Wildman–Crippen LogP) is 2.90. The standard InChI is InChI=1S/C23H21N3O5S/c1-28-16-8-5-14(6-9-16)7-10-20-24-23-26(25-20)22(27)19(32-23)13-15-11-17(29-2)21(31-4)18(12-15)30-3/h5-13H,1-4H3/b10-7+,19-13+. The molecule has 9 heteroatoms. The molecule has 0 bridgehead atoms. The topological polar surface area (TPSA) is 84.2 Å². The molecule has 0 aliphatic heterocycles. The van der Waals surface area contributed by atoms with Crippen LogP contribution in [0.1, 0.15) is 17.0 Å². The van der Waals surface area contributed by atoms with Crippen molar-refractivity contribution in [1.82, 2.24) is 14.6 Å². The number of ether oxygens (including phenoxy) is 4. The Labute approximate surface area is 188 Å². The van der Waals surface area contributed by atoms with Gasteiger partial charge < -0.3 is 18.9 Å². The first kappa shape index (κ1) is 21.4. The third-order valence-corrected chi connectivity index (χ3v) is 5.68. The molecule has 164 valence electrons. The maximum absolute atomic E-state index is 12.8. The zero-order chi connectivity index (χ0) is 22.7. The molecular weight excluding hydrogens is 430 g/mol. The van der Waals surface area contributed by atoms with Gasteiger partial charge in [0.05, 0.1) is 33.0 Å². The summed E-state index contributed by atoms with van der Waals surface area (Å²) in [4.78, 5) is 17.8. The van der Waals surface area contributed by atoms with E-state index in [1.807, 2.05) is 30.3 Å². The second-order valence-corrected chi connectivity index (χ2v) is 7.65. The number of hydrogen-bond acceptors (Lipinski definition) is 8. The van der Waals surface area contributed by atoms with E-state index < -0.39 is 0 Å². The van der Waals surface area contributed by atoms with E-state index >= 15 is 0 Å². The molecule has 0 spiro atoms. The summed E-state index contributed by atoms with van der Waals surface area (Å²) in [6.45, 7) is 0. The predicted molar refractivity (Wildman–Crippen MR) is 124 cm³/mol. The van der Waals surface area contributed by atoms with Crippen LogP contribution in [0, 0.1) is 0 Å². The summed E-state index contributed by atoms with van der Waals surface area (Å²) in [5.74, 6) is 2.76. The fourth-order valence-corrected chi connectivity index (χ4v) is 4.06. The molecule has 0 atom stereocenters. The van der Waals surface area contributed by atoms with Crippen molar-refractivity contribution in [2.45, 2.75) is 0 Å². The summed E-state index contributed by atoms with van der Waals surface area (Å²) in [6, 6.07) is 11.2. The molecule has 0 aliphatic carbocycles. The van der Waals surface area contributed by atoms with Gasteiger partial charge in [0, 0.05) is 0 Å². The lowest BCUT2D eigenvalue weighted by Crippen LogP contribution is -2.23. The molecule has 4 aromatic rings. The lowest BCUT2D eigenvalue weighted by Gasteiger charge is -2.12. The van der Waals surface area contributed by atoms with Crippen LogP contribution in [0.5, 0.6) is 23.0 Å². The first-order chi connectivity index (χ1) is 15.6. The fourth-order valence-electron chi connectivity index (χ4n) is 3.14. The van der Waals surface area contributed by atoms with Crippen molar-refractivity contribution in [1.29, 1.82) is 0 Å². The van der Waals surface area contributed by atoms with Crippen LogP contribution in [0.3, 0.4) is 0 Å². The van der Waals surface area contributed by atoms with Gasteiger partial charge in [0.2, 0.25) is 10.7 Å². The maximum atomic E-state index is 12.8. The molecule has 32 heavy (non-hydrogen) atoms. The van der Waals surface area contributed by atoms with Crippen LogP contribution >= 0.6 is 11.3 Å². The molecule has 0 aliphatic rings. The Morgan fingerprint density at radius 3 is 2.12 bits per heavy atom. The lowest BCUT2D eigenvalue weighted by atomic mass is 10.1. The molecule has 2 aromatic heterocycles. The Morgan fingerprint density at radius 2 is 1.56 bits per heavy atom. The van der Waals surface area contributed by atoms with Gasteiger partial charge in [-0.05, 0) is 47.5 Å². The summed E-state index contributed by atoms with van der Waals surface area (Å²) in [6.07, 6.45) is 5.40. The van der Waals surface area contributed by atoms with Crippen LogP contribution in [-0.4, -0.2) is 43.0 Å². The van der Waals surface area contributed by atoms with Crippen LogP contribution in [0.4, 0.5) is 0 Å². The SMILES string of the molecule is COc1ccc(/C=C/c2nc3s/c(=C/c4cc(OC)c(OC)c(OC)c4)c(=O)n3n2)cc1. The van der Waals surface area contributed by atoms with Crippen LogP contribution in [-0.2, 0) is 0 Å². The summed E-state index contributed by atoms with van der Waals surface area (Å²) in [5, 5.41) is 4.32. The minimum absolute atomic E-state index is 0.240. The third kappa shape index (κ3) is 4.15. The average Bonchev–Trinajstić information content (AvgIpc) is 3.35. The van der Waals surface area contributed by atoms with Crippen LogP contribution in [0.2, 0.25) is 0 Å². The van der Waals surface area contributed by atoms with Crippen molar-refractivity contribution in [2.75, 3.05) is 28.4 Å². The molecule has 0 unspecified atom stereocenters. The Hall–Kier alpha value is -3.85. The normalized spacial score (nSPS) is 11.9. The molecule has 2 heterocycles. The minimum Gasteiger partial charge on any atom is -0.497 e. The highest BCUT2D eigenvalue weighted by atomic mass is 32.1. The second kappa shape index (κ2) is 9.11. The van der Waals surface area contributed by atoms with E-state index in [1.165, 1.54) is 15.9 Å². The van der Waals surface area contributed by atoms with E-state index in [-0.39, 0.29) is 5.56 Å². The first-order valence-electron chi connectivity index (χ1n) is 9.59. The molecule has 0 N–H and O–H groups in total. The minimum atomic E-state index is -0.240. The van der Waals surface area contributed by atoms with E-state index in [0.717, 1.165) is 16.9 Å². The van der Waals surface area contributed by atoms with Crippen LogP contribution < -0.4 is 29.0 Å². The van der Waals surface area contributed by atoms with Gasteiger partial charge in [-0.25, -0.2) is 0 Å². The van der Waals surface area contributed by atoms with Crippen molar-refractivity contribution in [3.05, 3.63) is 68.2 Å². The Kier molecular flexibility index (Phi) is 6.09. The molecule has 2 aromatic carbocycles. The first-order valence-corrected chi connectivity index (χ1v) is 10.4. The Bertz CT molecular complexity index is 1360. The molecule has 8 nitrogen and oxygen atoms in total. The number of thiazole rings is 1. The number of benzene rings is 2. The van der Waals surface area contributed by atoms with Gasteiger partial charge in [0.15, 0.2) is 17.3 Å². The van der Waals surface area contributed by atoms with Gasteiger partial charge in [-0.1, -0.05) is 29.5 Å². The fraction of sp³-hybridized carbons (Fsp3) is 0.174. The molecule has 0 saturated heterocycles. The van der Waals surface area contributed by atoms with Crippen LogP contribution in [0.25, 0.3) is 23.2 Å². The molecule has 0 radical (unpaired) electrons. The molecule has 4 rings (SSSR count). The largest absolute Gasteiger partial charge is 0.497 e. The molecule has 0 amide bonds. The number of fused-ring (bicyclic) bond motifs is 1. The number of aromatic nitrogens is 3. The molecule has 0 saturated carbocycles. The van der Waals surface area contributed by atoms with E-state index in [1.54, 1.807) is 52.7 Å². The third-order valence-electron chi connectivity index (χ3n) is 4.72. The maximum Gasteiger partial charge on any atom is 0.291 e. The van der Waals surface area contributed by atoms with E-state index in [2.05, 4.69) is 10.1 Å². The lowest BCUT2D eigenvalue weighted by molar-refractivity contribution is 0.324. The summed E-state index contributed by atoms with van der Waals surface area (Å²) in [7, 11) is 6.26. The van der Waals surface area contributed by atoms with Gasteiger partial charge >= 0.3 is 0 Å². The highest BCUT2D eigenvalue weighted by Gasteiger charge is 2.14. The quantitative estimate of drug-likeness (QED) is 0.427. The zero-order valence-electron chi connectivity index (χ0n) is 18.0. The van der Waals surface area contributed by atoms with Crippen molar-refractivity contribution < 1.29 is 18.9 Å². The number of rotatable bonds is 7. The van der Waals surface area contributed by atoms with E-state index in [0.29, 0.717) is 32.6 Å². The summed E-state index contributed by atoms with van der Waals surface area (Å²) in [5.41, 5.74) is 1.47. The molecular formula is C23H21N3O5S. The Morgan fingerprint density at radius 1 is 0.875 bits per heavy atom. The van der Waals surface area contributed by atoms with Crippen molar-refractivity contribution in [3.8, 4) is 23.0 Å². The second-order valence-electron chi connectivity index (χ2n) is 6.65. The number of hydrogen-bond donors (Lipinski definition) is 0. The van der Waals surface area contributed by atoms with Gasteiger partial charge in [-0.2, -0.15) is 9.50 Å². The number of nitrogens with zero attached hydrogens (tertiary/aromatic N) is 3. The monoisotopic (exact) mass is 451 g/mol. The summed E-state index contributed by atoms with van der Waals surface area (Å²) < 4.78 is 23.1. The van der Waals surface area contributed by atoms with E-state index in [4.69, 9.17) is 18.9 Å². The van der Waals surface area contributed by atoms with Gasteiger partial charge in [0.25, 0.3) is 5.56 Å². The highest BCUT2D eigenvalue weighted by molar-refractivity contribution is 7.15. The number of methoxy groups -OCH3 is 4.